The lowest BCUT2D eigenvalue weighted by Gasteiger charge is -2.13. The first-order valence-corrected chi connectivity index (χ1v) is 9.03. The number of thioether (sulfide) groups is 1. The van der Waals surface area contributed by atoms with Crippen molar-refractivity contribution in [1.82, 2.24) is 20.2 Å². The number of rotatable bonds is 6. The summed E-state index contributed by atoms with van der Waals surface area (Å²) in [6.07, 6.45) is 0. The van der Waals surface area contributed by atoms with E-state index in [9.17, 15) is 9.18 Å². The maximum Gasteiger partial charge on any atom is 0.237 e. The van der Waals surface area contributed by atoms with Crippen LogP contribution in [0.25, 0.3) is 5.69 Å². The highest BCUT2D eigenvalue weighted by Gasteiger charge is 2.21. The molecule has 1 atom stereocenters. The minimum Gasteiger partial charge on any atom is -0.494 e. The van der Waals surface area contributed by atoms with Gasteiger partial charge in [-0.3, -0.25) is 4.79 Å². The van der Waals surface area contributed by atoms with Gasteiger partial charge in [-0.1, -0.05) is 30.0 Å². The zero-order chi connectivity index (χ0) is 19.4. The Bertz CT molecular complexity index is 962. The zero-order valence-electron chi connectivity index (χ0n) is 15.0. The largest absolute Gasteiger partial charge is 0.494 e. The van der Waals surface area contributed by atoms with Gasteiger partial charge < -0.3 is 10.1 Å². The van der Waals surface area contributed by atoms with Crippen LogP contribution in [0.2, 0.25) is 0 Å². The molecule has 0 fully saturated rings. The number of hydrogen-bond donors (Lipinski definition) is 1. The zero-order valence-corrected chi connectivity index (χ0v) is 15.8. The van der Waals surface area contributed by atoms with Crippen molar-refractivity contribution in [3.8, 4) is 11.4 Å². The minimum atomic E-state index is -0.551. The van der Waals surface area contributed by atoms with E-state index in [0.717, 1.165) is 5.56 Å². The third kappa shape index (κ3) is 4.25. The Morgan fingerprint density at radius 3 is 2.81 bits per heavy atom. The first-order chi connectivity index (χ1) is 13.0. The van der Waals surface area contributed by atoms with Gasteiger partial charge in [0.2, 0.25) is 11.1 Å². The molecule has 7 nitrogen and oxygen atoms in total. The van der Waals surface area contributed by atoms with Crippen LogP contribution in [0.15, 0.2) is 47.6 Å². The molecule has 1 N–H and O–H groups in total. The predicted molar refractivity (Wildman–Crippen MR) is 101 cm³/mol. The Balaban J connectivity index is 1.79. The normalized spacial score (nSPS) is 11.9. The van der Waals surface area contributed by atoms with Crippen molar-refractivity contribution in [2.24, 2.45) is 0 Å². The number of nitrogens with zero attached hydrogens (tertiary/aromatic N) is 4. The fraction of sp³-hybridized carbons (Fsp3) is 0.222. The monoisotopic (exact) mass is 387 g/mol. The molecule has 0 saturated carbocycles. The molecular weight excluding hydrogens is 369 g/mol. The number of benzene rings is 2. The van der Waals surface area contributed by atoms with E-state index >= 15 is 0 Å². The van der Waals surface area contributed by atoms with Gasteiger partial charge in [0.1, 0.15) is 17.3 Å². The smallest absolute Gasteiger partial charge is 0.237 e. The molecule has 27 heavy (non-hydrogen) atoms. The van der Waals surface area contributed by atoms with Crippen LogP contribution in [-0.2, 0) is 4.79 Å². The Morgan fingerprint density at radius 2 is 2.07 bits per heavy atom. The lowest BCUT2D eigenvalue weighted by Crippen LogP contribution is -2.23. The summed E-state index contributed by atoms with van der Waals surface area (Å²) in [5.74, 6) is -0.230. The van der Waals surface area contributed by atoms with E-state index in [4.69, 9.17) is 4.74 Å². The van der Waals surface area contributed by atoms with E-state index < -0.39 is 11.1 Å². The highest BCUT2D eigenvalue weighted by Crippen LogP contribution is 2.29. The number of carbonyl (C=O) groups is 1. The second-order valence-electron chi connectivity index (χ2n) is 5.78. The van der Waals surface area contributed by atoms with Gasteiger partial charge in [-0.05, 0) is 54.1 Å². The fourth-order valence-electron chi connectivity index (χ4n) is 2.38. The summed E-state index contributed by atoms with van der Waals surface area (Å²) < 4.78 is 20.6. The molecule has 3 rings (SSSR count). The number of aromatic nitrogens is 4. The van der Waals surface area contributed by atoms with Gasteiger partial charge in [-0.25, -0.2) is 4.39 Å². The summed E-state index contributed by atoms with van der Waals surface area (Å²) in [4.78, 5) is 12.4. The van der Waals surface area contributed by atoms with E-state index in [2.05, 4.69) is 20.8 Å². The number of tetrazole rings is 1. The highest BCUT2D eigenvalue weighted by atomic mass is 32.2. The maximum atomic E-state index is 13.7. The van der Waals surface area contributed by atoms with Gasteiger partial charge in [-0.15, -0.1) is 5.10 Å². The minimum absolute atomic E-state index is 0.134. The van der Waals surface area contributed by atoms with Crippen molar-refractivity contribution >= 4 is 23.4 Å². The SMILES string of the molecule is COc1ccc(C)cc1-n1nnnc1S[C@@H](C)C(=O)Nc1ccccc1F. The molecule has 1 amide bonds. The molecule has 0 bridgehead atoms. The van der Waals surface area contributed by atoms with Gasteiger partial charge in [0.15, 0.2) is 0 Å². The number of carbonyl (C=O) groups excluding carboxylic acids is 1. The first-order valence-electron chi connectivity index (χ1n) is 8.15. The van der Waals surface area contributed by atoms with Crippen LogP contribution in [0.4, 0.5) is 10.1 Å². The number of methoxy groups -OCH3 is 1. The van der Waals surface area contributed by atoms with Gasteiger partial charge in [-0.2, -0.15) is 4.68 Å². The van der Waals surface area contributed by atoms with E-state index in [1.54, 1.807) is 26.2 Å². The van der Waals surface area contributed by atoms with Crippen molar-refractivity contribution < 1.29 is 13.9 Å². The van der Waals surface area contributed by atoms with Crippen molar-refractivity contribution in [2.75, 3.05) is 12.4 Å². The summed E-state index contributed by atoms with van der Waals surface area (Å²) >= 11 is 1.17. The third-order valence-electron chi connectivity index (χ3n) is 3.79. The van der Waals surface area contributed by atoms with Gasteiger partial charge in [0.05, 0.1) is 18.0 Å². The van der Waals surface area contributed by atoms with Crippen LogP contribution in [0, 0.1) is 12.7 Å². The van der Waals surface area contributed by atoms with E-state index in [-0.39, 0.29) is 11.6 Å². The molecule has 2 aromatic carbocycles. The number of anilines is 1. The fourth-order valence-corrected chi connectivity index (χ4v) is 3.18. The molecule has 3 aromatic rings. The number of hydrogen-bond acceptors (Lipinski definition) is 6. The Labute approximate surface area is 159 Å². The summed E-state index contributed by atoms with van der Waals surface area (Å²) in [6, 6.07) is 11.7. The Morgan fingerprint density at radius 1 is 1.30 bits per heavy atom. The van der Waals surface area contributed by atoms with E-state index in [1.807, 2.05) is 25.1 Å². The number of para-hydroxylation sites is 1. The van der Waals surface area contributed by atoms with Crippen LogP contribution in [0.5, 0.6) is 5.75 Å². The van der Waals surface area contributed by atoms with Crippen LogP contribution < -0.4 is 10.1 Å². The van der Waals surface area contributed by atoms with Gasteiger partial charge in [0, 0.05) is 0 Å². The van der Waals surface area contributed by atoms with Crippen molar-refractivity contribution in [2.45, 2.75) is 24.3 Å². The quantitative estimate of drug-likeness (QED) is 0.654. The highest BCUT2D eigenvalue weighted by molar-refractivity contribution is 8.00. The molecule has 0 aliphatic rings. The molecule has 1 heterocycles. The van der Waals surface area contributed by atoms with Crippen LogP contribution in [0.1, 0.15) is 12.5 Å². The summed E-state index contributed by atoms with van der Waals surface area (Å²) in [6.45, 7) is 3.65. The van der Waals surface area contributed by atoms with Crippen LogP contribution in [-0.4, -0.2) is 38.5 Å². The maximum absolute atomic E-state index is 13.7. The molecule has 0 unspecified atom stereocenters. The third-order valence-corrected chi connectivity index (χ3v) is 4.82. The molecule has 9 heteroatoms. The Hall–Kier alpha value is -2.94. The molecule has 0 aliphatic carbocycles. The van der Waals surface area contributed by atoms with Crippen LogP contribution >= 0.6 is 11.8 Å². The standard InChI is InChI=1S/C18H18FN5O2S/c1-11-8-9-16(26-3)15(10-11)24-18(21-22-23-24)27-12(2)17(25)20-14-7-5-4-6-13(14)19/h4-10,12H,1-3H3,(H,20,25)/t12-/m0/s1. The molecule has 140 valence electrons. The van der Waals surface area contributed by atoms with E-state index in [1.165, 1.54) is 28.6 Å². The first kappa shape index (κ1) is 18.8. The second-order valence-corrected chi connectivity index (χ2v) is 7.09. The van der Waals surface area contributed by atoms with E-state index in [0.29, 0.717) is 16.6 Å². The summed E-state index contributed by atoms with van der Waals surface area (Å²) in [7, 11) is 1.57. The van der Waals surface area contributed by atoms with Crippen molar-refractivity contribution in [3.05, 3.63) is 53.8 Å². The van der Waals surface area contributed by atoms with Crippen molar-refractivity contribution in [3.63, 3.8) is 0 Å². The van der Waals surface area contributed by atoms with Crippen molar-refractivity contribution in [1.29, 1.82) is 0 Å². The molecule has 0 radical (unpaired) electrons. The average Bonchev–Trinajstić information content (AvgIpc) is 3.11. The molecule has 0 aliphatic heterocycles. The number of aryl methyl sites for hydroxylation is 1. The van der Waals surface area contributed by atoms with Gasteiger partial charge >= 0.3 is 0 Å². The Kier molecular flexibility index (Phi) is 5.70. The van der Waals surface area contributed by atoms with Gasteiger partial charge in [0.25, 0.3) is 0 Å². The average molecular weight is 387 g/mol. The summed E-state index contributed by atoms with van der Waals surface area (Å²) in [5.41, 5.74) is 1.82. The van der Waals surface area contributed by atoms with Crippen LogP contribution in [0.3, 0.4) is 0 Å². The molecular formula is C18H18FN5O2S. The second kappa shape index (κ2) is 8.17. The topological polar surface area (TPSA) is 81.9 Å². The molecule has 1 aromatic heterocycles. The number of ether oxygens (including phenoxy) is 1. The number of nitrogens with one attached hydrogen (secondary N) is 1. The lowest BCUT2D eigenvalue weighted by atomic mass is 10.2. The molecule has 0 spiro atoms. The lowest BCUT2D eigenvalue weighted by molar-refractivity contribution is -0.115. The molecule has 0 saturated heterocycles. The number of halogens is 1. The summed E-state index contributed by atoms with van der Waals surface area (Å²) in [5, 5.41) is 14.2. The number of amides is 1. The predicted octanol–water partition coefficient (Wildman–Crippen LogP) is 3.24.